The highest BCUT2D eigenvalue weighted by molar-refractivity contribution is 5.99. The minimum atomic E-state index is -0.381. The molecule has 2 aromatic carbocycles. The Morgan fingerprint density at radius 1 is 1.07 bits per heavy atom. The van der Waals surface area contributed by atoms with Crippen LogP contribution in [0, 0.1) is 12.7 Å². The lowest BCUT2D eigenvalue weighted by Crippen LogP contribution is -2.34. The third-order valence-electron chi connectivity index (χ3n) is 4.05. The number of carbonyl (C=O) groups is 2. The number of likely N-dealkylation sites (N-methyl/N-ethyl adjacent to an activating group) is 1. The van der Waals surface area contributed by atoms with Gasteiger partial charge >= 0.3 is 0 Å². The number of aromatic nitrogens is 2. The molecule has 0 unspecified atom stereocenters. The minimum absolute atomic E-state index is 0.115. The van der Waals surface area contributed by atoms with Crippen molar-refractivity contribution >= 4 is 17.5 Å². The van der Waals surface area contributed by atoms with Gasteiger partial charge in [0.1, 0.15) is 5.82 Å². The second-order valence-electron chi connectivity index (χ2n) is 6.15. The molecule has 7 heteroatoms. The molecule has 6 nitrogen and oxygen atoms in total. The average molecular weight is 366 g/mol. The molecule has 138 valence electrons. The van der Waals surface area contributed by atoms with E-state index in [1.807, 2.05) is 13.0 Å². The molecule has 0 atom stereocenters. The Kier molecular flexibility index (Phi) is 5.30. The Labute approximate surface area is 156 Å². The Bertz CT molecular complexity index is 949. The molecule has 0 aliphatic heterocycles. The number of aryl methyl sites for hydroxylation is 1. The maximum atomic E-state index is 12.9. The van der Waals surface area contributed by atoms with Gasteiger partial charge in [-0.2, -0.15) is 5.10 Å². The zero-order valence-electron chi connectivity index (χ0n) is 15.0. The highest BCUT2D eigenvalue weighted by atomic mass is 19.1. The molecule has 1 N–H and O–H groups in total. The number of halogens is 1. The summed E-state index contributed by atoms with van der Waals surface area (Å²) >= 11 is 0. The van der Waals surface area contributed by atoms with Crippen LogP contribution in [0.2, 0.25) is 0 Å². The zero-order valence-corrected chi connectivity index (χ0v) is 15.0. The quantitative estimate of drug-likeness (QED) is 0.755. The van der Waals surface area contributed by atoms with Gasteiger partial charge in [0.15, 0.2) is 0 Å². The van der Waals surface area contributed by atoms with Gasteiger partial charge < -0.3 is 10.2 Å². The summed E-state index contributed by atoms with van der Waals surface area (Å²) in [5.74, 6) is -1.01. The predicted octanol–water partition coefficient (Wildman–Crippen LogP) is 3.03. The highest BCUT2D eigenvalue weighted by Crippen LogP contribution is 2.13. The smallest absolute Gasteiger partial charge is 0.254 e. The molecule has 0 aliphatic rings. The monoisotopic (exact) mass is 366 g/mol. The van der Waals surface area contributed by atoms with Crippen molar-refractivity contribution in [3.63, 3.8) is 0 Å². The van der Waals surface area contributed by atoms with Crippen molar-refractivity contribution in [2.45, 2.75) is 6.92 Å². The fraction of sp³-hybridized carbons (Fsp3) is 0.150. The van der Waals surface area contributed by atoms with Gasteiger partial charge in [-0.05, 0) is 61.5 Å². The van der Waals surface area contributed by atoms with Crippen LogP contribution in [0.25, 0.3) is 5.69 Å². The lowest BCUT2D eigenvalue weighted by molar-refractivity contribution is -0.116. The maximum Gasteiger partial charge on any atom is 0.254 e. The van der Waals surface area contributed by atoms with E-state index in [0.29, 0.717) is 11.3 Å². The Morgan fingerprint density at radius 3 is 2.33 bits per heavy atom. The van der Waals surface area contributed by atoms with Gasteiger partial charge in [0, 0.05) is 30.2 Å². The summed E-state index contributed by atoms with van der Waals surface area (Å²) in [7, 11) is 1.55. The van der Waals surface area contributed by atoms with E-state index in [4.69, 9.17) is 0 Å². The van der Waals surface area contributed by atoms with Crippen LogP contribution in [0.4, 0.5) is 10.1 Å². The first-order chi connectivity index (χ1) is 12.9. The van der Waals surface area contributed by atoms with E-state index < -0.39 is 0 Å². The molecule has 0 saturated heterocycles. The third kappa shape index (κ3) is 4.38. The van der Waals surface area contributed by atoms with Crippen LogP contribution >= 0.6 is 0 Å². The fourth-order valence-electron chi connectivity index (χ4n) is 2.63. The van der Waals surface area contributed by atoms with Crippen LogP contribution in [0.3, 0.4) is 0 Å². The van der Waals surface area contributed by atoms with Gasteiger partial charge in [-0.25, -0.2) is 9.07 Å². The molecule has 0 bridgehead atoms. The summed E-state index contributed by atoms with van der Waals surface area (Å²) in [5.41, 5.74) is 2.79. The lowest BCUT2D eigenvalue weighted by Gasteiger charge is -2.17. The maximum absolute atomic E-state index is 12.9. The number of rotatable bonds is 5. The third-order valence-corrected chi connectivity index (χ3v) is 4.05. The summed E-state index contributed by atoms with van der Waals surface area (Å²) in [6.45, 7) is 1.83. The van der Waals surface area contributed by atoms with E-state index >= 15 is 0 Å². The summed E-state index contributed by atoms with van der Waals surface area (Å²) < 4.78 is 14.7. The number of nitrogens with zero attached hydrogens (tertiary/aromatic N) is 3. The molecular formula is C20H19FN4O2. The molecule has 0 aliphatic carbocycles. The second-order valence-corrected chi connectivity index (χ2v) is 6.15. The Morgan fingerprint density at radius 2 is 1.74 bits per heavy atom. The first-order valence-electron chi connectivity index (χ1n) is 8.36. The van der Waals surface area contributed by atoms with Crippen LogP contribution in [-0.2, 0) is 4.79 Å². The van der Waals surface area contributed by atoms with Crippen LogP contribution in [0.5, 0.6) is 0 Å². The lowest BCUT2D eigenvalue weighted by atomic mass is 10.2. The summed E-state index contributed by atoms with van der Waals surface area (Å²) in [6, 6.07) is 14.4. The topological polar surface area (TPSA) is 67.2 Å². The molecule has 0 fully saturated rings. The van der Waals surface area contributed by atoms with Crippen molar-refractivity contribution in [1.29, 1.82) is 0 Å². The van der Waals surface area contributed by atoms with Gasteiger partial charge in [-0.1, -0.05) is 0 Å². The van der Waals surface area contributed by atoms with E-state index in [1.165, 1.54) is 29.2 Å². The molecule has 0 radical (unpaired) electrons. The summed E-state index contributed by atoms with van der Waals surface area (Å²) in [4.78, 5) is 25.9. The van der Waals surface area contributed by atoms with Crippen LogP contribution in [-0.4, -0.2) is 40.1 Å². The van der Waals surface area contributed by atoms with Gasteiger partial charge in [-0.15, -0.1) is 0 Å². The largest absolute Gasteiger partial charge is 0.332 e. The number of benzene rings is 2. The molecule has 3 aromatic rings. The van der Waals surface area contributed by atoms with Gasteiger partial charge in [0.25, 0.3) is 5.91 Å². The van der Waals surface area contributed by atoms with Crippen LogP contribution in [0.1, 0.15) is 16.1 Å². The van der Waals surface area contributed by atoms with Gasteiger partial charge in [0.05, 0.1) is 12.2 Å². The van der Waals surface area contributed by atoms with E-state index in [0.717, 1.165) is 11.4 Å². The average Bonchev–Trinajstić information content (AvgIpc) is 3.09. The molecular weight excluding hydrogens is 347 g/mol. The molecule has 0 spiro atoms. The molecule has 27 heavy (non-hydrogen) atoms. The molecule has 0 saturated carbocycles. The first-order valence-corrected chi connectivity index (χ1v) is 8.36. The normalized spacial score (nSPS) is 10.5. The number of hydrogen-bond donors (Lipinski definition) is 1. The van der Waals surface area contributed by atoms with Gasteiger partial charge in [-0.3, -0.25) is 9.59 Å². The standard InChI is InChI=1S/C20H19FN4O2/c1-14-11-12-22-25(14)18-9-3-15(4-10-18)20(27)24(2)13-19(26)23-17-7-5-16(21)6-8-17/h3-12H,13H2,1-2H3,(H,23,26). The minimum Gasteiger partial charge on any atom is -0.332 e. The van der Waals surface area contributed by atoms with Crippen molar-refractivity contribution in [2.75, 3.05) is 18.9 Å². The van der Waals surface area contributed by atoms with Crippen molar-refractivity contribution in [2.24, 2.45) is 0 Å². The Hall–Kier alpha value is -3.48. The molecule has 3 rings (SSSR count). The van der Waals surface area contributed by atoms with Crippen molar-refractivity contribution in [3.05, 3.63) is 77.9 Å². The Balaban J connectivity index is 1.62. The van der Waals surface area contributed by atoms with E-state index in [2.05, 4.69) is 10.4 Å². The second kappa shape index (κ2) is 7.82. The highest BCUT2D eigenvalue weighted by Gasteiger charge is 2.15. The molecule has 1 aromatic heterocycles. The molecule has 1 heterocycles. The van der Waals surface area contributed by atoms with E-state index in [9.17, 15) is 14.0 Å². The summed E-state index contributed by atoms with van der Waals surface area (Å²) in [5, 5.41) is 6.85. The van der Waals surface area contributed by atoms with Crippen LogP contribution < -0.4 is 5.32 Å². The number of nitrogens with one attached hydrogen (secondary N) is 1. The van der Waals surface area contributed by atoms with Gasteiger partial charge in [0.2, 0.25) is 5.91 Å². The van der Waals surface area contributed by atoms with Crippen molar-refractivity contribution < 1.29 is 14.0 Å². The van der Waals surface area contributed by atoms with Crippen molar-refractivity contribution in [3.8, 4) is 5.69 Å². The number of hydrogen-bond acceptors (Lipinski definition) is 3. The zero-order chi connectivity index (χ0) is 19.4. The number of anilines is 1. The molecule has 2 amide bonds. The van der Waals surface area contributed by atoms with Crippen LogP contribution in [0.15, 0.2) is 60.8 Å². The summed E-state index contributed by atoms with van der Waals surface area (Å²) in [6.07, 6.45) is 1.71. The van der Waals surface area contributed by atoms with Crippen molar-refractivity contribution in [1.82, 2.24) is 14.7 Å². The SMILES string of the molecule is Cc1ccnn1-c1ccc(C(=O)N(C)CC(=O)Nc2ccc(F)cc2)cc1. The predicted molar refractivity (Wildman–Crippen MR) is 100 cm³/mol. The fourth-order valence-corrected chi connectivity index (χ4v) is 2.63. The van der Waals surface area contributed by atoms with E-state index in [1.54, 1.807) is 42.2 Å². The van der Waals surface area contributed by atoms with E-state index in [-0.39, 0.29) is 24.2 Å². The number of carbonyl (C=O) groups excluding carboxylic acids is 2. The number of amides is 2. The first kappa shape index (κ1) is 18.3.